The fourth-order valence-corrected chi connectivity index (χ4v) is 6.58. The van der Waals surface area contributed by atoms with Gasteiger partial charge in [-0.3, -0.25) is 0 Å². The second-order valence-electron chi connectivity index (χ2n) is 11.0. The molecule has 34 heavy (non-hydrogen) atoms. The van der Waals surface area contributed by atoms with Gasteiger partial charge >= 0.3 is 6.03 Å². The monoisotopic (exact) mass is 464 g/mol. The zero-order chi connectivity index (χ0) is 24.5. The van der Waals surface area contributed by atoms with Gasteiger partial charge in [0.1, 0.15) is 11.5 Å². The highest BCUT2D eigenvalue weighted by atomic mass is 16.5. The number of aryl methyl sites for hydroxylation is 1. The Morgan fingerprint density at radius 1 is 1.09 bits per heavy atom. The lowest BCUT2D eigenvalue weighted by atomic mass is 9.49. The van der Waals surface area contributed by atoms with Crippen LogP contribution < -0.4 is 20.1 Å². The average molecular weight is 465 g/mol. The molecule has 3 atom stereocenters. The van der Waals surface area contributed by atoms with Crippen LogP contribution in [-0.4, -0.2) is 26.8 Å². The summed E-state index contributed by atoms with van der Waals surface area (Å²) in [6, 6.07) is 12.4. The molecule has 5 heteroatoms. The summed E-state index contributed by atoms with van der Waals surface area (Å²) in [7, 11) is 3.21. The van der Waals surface area contributed by atoms with Crippen molar-refractivity contribution < 1.29 is 14.3 Å². The summed E-state index contributed by atoms with van der Waals surface area (Å²) in [4.78, 5) is 12.9. The summed E-state index contributed by atoms with van der Waals surface area (Å²) < 4.78 is 10.7. The molecule has 5 nitrogen and oxygen atoms in total. The molecule has 0 heterocycles. The van der Waals surface area contributed by atoms with E-state index < -0.39 is 0 Å². The van der Waals surface area contributed by atoms with E-state index in [1.54, 1.807) is 26.4 Å². The number of benzene rings is 2. The lowest BCUT2D eigenvalue weighted by Crippen LogP contribution is -2.53. The molecular formula is C29H40N2O3. The highest BCUT2D eigenvalue weighted by Gasteiger charge is 2.51. The number of hydrogen-bond acceptors (Lipinski definition) is 3. The predicted octanol–water partition coefficient (Wildman–Crippen LogP) is 6.66. The molecule has 0 spiro atoms. The smallest absolute Gasteiger partial charge is 0.319 e. The summed E-state index contributed by atoms with van der Waals surface area (Å²) in [6.07, 6.45) is 5.83. The van der Waals surface area contributed by atoms with Gasteiger partial charge in [0, 0.05) is 12.6 Å². The number of rotatable bonds is 6. The van der Waals surface area contributed by atoms with Crippen molar-refractivity contribution in [1.82, 2.24) is 5.32 Å². The summed E-state index contributed by atoms with van der Waals surface area (Å²) in [6.45, 7) is 10.0. The number of ether oxygens (including phenoxy) is 2. The molecule has 184 valence electrons. The van der Waals surface area contributed by atoms with Crippen LogP contribution in [0.2, 0.25) is 0 Å². The largest absolute Gasteiger partial charge is 0.497 e. The number of methoxy groups -OCH3 is 2. The molecule has 2 aliphatic rings. The van der Waals surface area contributed by atoms with Crippen molar-refractivity contribution in [2.75, 3.05) is 26.1 Å². The number of anilines is 1. The van der Waals surface area contributed by atoms with Crippen LogP contribution in [0.3, 0.4) is 0 Å². The molecular weight excluding hydrogens is 424 g/mol. The van der Waals surface area contributed by atoms with E-state index in [1.807, 2.05) is 6.07 Å². The van der Waals surface area contributed by atoms with Crippen LogP contribution in [0.1, 0.15) is 76.0 Å². The van der Waals surface area contributed by atoms with E-state index in [9.17, 15) is 4.79 Å². The third kappa shape index (κ3) is 4.49. The molecule has 0 aromatic heterocycles. The van der Waals surface area contributed by atoms with Gasteiger partial charge in [-0.2, -0.15) is 0 Å². The average Bonchev–Trinajstić information content (AvgIpc) is 2.82. The molecule has 1 fully saturated rings. The van der Waals surface area contributed by atoms with Crippen molar-refractivity contribution in [3.63, 3.8) is 0 Å². The third-order valence-corrected chi connectivity index (χ3v) is 8.48. The lowest BCUT2D eigenvalue weighted by Gasteiger charge is -2.55. The van der Waals surface area contributed by atoms with E-state index in [0.717, 1.165) is 12.8 Å². The number of amides is 2. The highest BCUT2D eigenvalue weighted by molar-refractivity contribution is 5.91. The van der Waals surface area contributed by atoms with E-state index in [-0.39, 0.29) is 16.9 Å². The zero-order valence-corrected chi connectivity index (χ0v) is 21.6. The van der Waals surface area contributed by atoms with Crippen molar-refractivity contribution in [3.05, 3.63) is 53.1 Å². The normalized spacial score (nSPS) is 25.8. The maximum atomic E-state index is 12.9. The van der Waals surface area contributed by atoms with Crippen LogP contribution in [0.25, 0.3) is 0 Å². The van der Waals surface area contributed by atoms with E-state index in [4.69, 9.17) is 9.47 Å². The van der Waals surface area contributed by atoms with Gasteiger partial charge in [-0.15, -0.1) is 0 Å². The second-order valence-corrected chi connectivity index (χ2v) is 11.0. The molecule has 0 aliphatic heterocycles. The molecule has 2 N–H and O–H groups in total. The molecule has 2 aromatic carbocycles. The van der Waals surface area contributed by atoms with Crippen LogP contribution in [-0.2, 0) is 11.8 Å². The standard InChI is InChI=1S/C29H40N2O3/c1-19(2)20-8-11-23-21(16-20)9-13-26-28(3,14-7-15-29(23,26)4)18-30-27(32)31-24-17-22(33-5)10-12-25(24)34-6/h8,10-12,16-17,19,26H,7,9,13-15,18H2,1-6H3,(H2,30,31,32)/t26-,28+,29-/m1/s1. The third-order valence-electron chi connectivity index (χ3n) is 8.48. The first kappa shape index (κ1) is 24.4. The Hall–Kier alpha value is -2.69. The Morgan fingerprint density at radius 2 is 1.88 bits per heavy atom. The van der Waals surface area contributed by atoms with Gasteiger partial charge in [-0.05, 0) is 77.2 Å². The van der Waals surface area contributed by atoms with Crippen molar-refractivity contribution >= 4 is 11.7 Å². The Kier molecular flexibility index (Phi) is 6.84. The Morgan fingerprint density at radius 3 is 2.59 bits per heavy atom. The van der Waals surface area contributed by atoms with Crippen LogP contribution >= 0.6 is 0 Å². The van der Waals surface area contributed by atoms with E-state index in [2.05, 4.69) is 56.5 Å². The van der Waals surface area contributed by atoms with Crippen molar-refractivity contribution in [1.29, 1.82) is 0 Å². The minimum atomic E-state index is -0.210. The minimum Gasteiger partial charge on any atom is -0.497 e. The first-order valence-corrected chi connectivity index (χ1v) is 12.6. The second kappa shape index (κ2) is 9.52. The lowest BCUT2D eigenvalue weighted by molar-refractivity contribution is 0.0281. The fraction of sp³-hybridized carbons (Fsp3) is 0.552. The van der Waals surface area contributed by atoms with Crippen LogP contribution in [0.15, 0.2) is 36.4 Å². The van der Waals surface area contributed by atoms with Crippen LogP contribution in [0.4, 0.5) is 10.5 Å². The number of carbonyl (C=O) groups excluding carboxylic acids is 1. The van der Waals surface area contributed by atoms with Gasteiger partial charge in [0.05, 0.1) is 19.9 Å². The molecule has 2 aromatic rings. The number of urea groups is 1. The zero-order valence-electron chi connectivity index (χ0n) is 21.6. The SMILES string of the molecule is COc1ccc(OC)c(NC(=O)NC[C@]2(C)CCC[C@]3(C)c4ccc(C(C)C)cc4CC[C@H]23)c1. The fourth-order valence-electron chi connectivity index (χ4n) is 6.58. The Labute approximate surface area is 204 Å². The Balaban J connectivity index is 1.49. The van der Waals surface area contributed by atoms with Gasteiger partial charge in [0.15, 0.2) is 0 Å². The molecule has 4 rings (SSSR count). The van der Waals surface area contributed by atoms with Gasteiger partial charge in [0.25, 0.3) is 0 Å². The molecule has 0 radical (unpaired) electrons. The summed E-state index contributed by atoms with van der Waals surface area (Å²) in [5.74, 6) is 2.38. The van der Waals surface area contributed by atoms with E-state index >= 15 is 0 Å². The van der Waals surface area contributed by atoms with Gasteiger partial charge in [0.2, 0.25) is 0 Å². The van der Waals surface area contributed by atoms with Gasteiger partial charge in [-0.1, -0.05) is 52.3 Å². The highest BCUT2D eigenvalue weighted by Crippen LogP contribution is 2.57. The minimum absolute atomic E-state index is 0.0528. The predicted molar refractivity (Wildman–Crippen MR) is 138 cm³/mol. The van der Waals surface area contributed by atoms with Gasteiger partial charge < -0.3 is 20.1 Å². The maximum absolute atomic E-state index is 12.9. The first-order valence-electron chi connectivity index (χ1n) is 12.6. The molecule has 0 bridgehead atoms. The molecule has 2 aliphatic carbocycles. The number of hydrogen-bond donors (Lipinski definition) is 2. The summed E-state index contributed by atoms with van der Waals surface area (Å²) >= 11 is 0. The maximum Gasteiger partial charge on any atom is 0.319 e. The summed E-state index contributed by atoms with van der Waals surface area (Å²) in [5, 5.41) is 6.13. The topological polar surface area (TPSA) is 59.6 Å². The number of carbonyl (C=O) groups is 1. The van der Waals surface area contributed by atoms with Crippen LogP contribution in [0, 0.1) is 11.3 Å². The van der Waals surface area contributed by atoms with E-state index in [1.165, 1.54) is 36.0 Å². The molecule has 0 saturated heterocycles. The first-order chi connectivity index (χ1) is 16.2. The molecule has 1 saturated carbocycles. The van der Waals surface area contributed by atoms with Crippen LogP contribution in [0.5, 0.6) is 11.5 Å². The molecule has 0 unspecified atom stereocenters. The van der Waals surface area contributed by atoms with Crippen molar-refractivity contribution in [2.45, 2.75) is 71.1 Å². The van der Waals surface area contributed by atoms with Gasteiger partial charge in [-0.25, -0.2) is 4.79 Å². The number of fused-ring (bicyclic) bond motifs is 3. The van der Waals surface area contributed by atoms with Crippen molar-refractivity contribution in [3.8, 4) is 11.5 Å². The van der Waals surface area contributed by atoms with E-state index in [0.29, 0.717) is 35.6 Å². The number of nitrogens with one attached hydrogen (secondary N) is 2. The Bertz CT molecular complexity index is 1050. The summed E-state index contributed by atoms with van der Waals surface area (Å²) in [5.41, 5.74) is 5.31. The quantitative estimate of drug-likeness (QED) is 0.502. The molecule has 2 amide bonds. The van der Waals surface area contributed by atoms with Crippen molar-refractivity contribution in [2.24, 2.45) is 11.3 Å².